The molecule has 0 spiro atoms. The molecule has 1 aliphatic heterocycles. The third-order valence-electron chi connectivity index (χ3n) is 5.84. The highest BCUT2D eigenvalue weighted by Crippen LogP contribution is 2.36. The number of anilines is 1. The van der Waals surface area contributed by atoms with Crippen molar-refractivity contribution in [3.63, 3.8) is 0 Å². The van der Waals surface area contributed by atoms with Gasteiger partial charge >= 0.3 is 5.97 Å². The molecule has 1 atom stereocenters. The summed E-state index contributed by atoms with van der Waals surface area (Å²) >= 11 is 13.0. The molecule has 2 heterocycles. The molecule has 10 heteroatoms. The van der Waals surface area contributed by atoms with Crippen molar-refractivity contribution >= 4 is 75.1 Å². The number of hydrogen-bond donors (Lipinski definition) is 1. The Balaban J connectivity index is 1.29. The zero-order valence-electron chi connectivity index (χ0n) is 19.1. The maximum atomic E-state index is 13.2. The van der Waals surface area contributed by atoms with Gasteiger partial charge in [-0.15, -0.1) is 11.8 Å². The Morgan fingerprint density at radius 3 is 2.62 bits per heavy atom. The molecule has 0 bridgehead atoms. The van der Waals surface area contributed by atoms with Gasteiger partial charge in [-0.2, -0.15) is 0 Å². The number of aromatic amines is 1. The standard InChI is InChI=1S/C27H18Cl2N2O5S/c28-16-6-8-18(20(29)11-16)22(32)14-36-27(35)19-3-1-2-4-23(19)37-24-13-25(33)31(26(24)34)17-7-5-15-9-10-30-21(15)12-17/h1-12,24,30H,13-14H2. The smallest absolute Gasteiger partial charge is 0.339 e. The summed E-state index contributed by atoms with van der Waals surface area (Å²) < 4.78 is 5.25. The van der Waals surface area contributed by atoms with Crippen LogP contribution in [-0.2, 0) is 14.3 Å². The van der Waals surface area contributed by atoms with Gasteiger partial charge in [0.05, 0.1) is 21.5 Å². The van der Waals surface area contributed by atoms with E-state index in [1.54, 1.807) is 42.6 Å². The van der Waals surface area contributed by atoms with Crippen LogP contribution in [0.2, 0.25) is 10.0 Å². The van der Waals surface area contributed by atoms with E-state index in [-0.39, 0.29) is 34.4 Å². The number of nitrogens with one attached hydrogen (secondary N) is 1. The van der Waals surface area contributed by atoms with Crippen LogP contribution in [0.3, 0.4) is 0 Å². The summed E-state index contributed by atoms with van der Waals surface area (Å²) in [5.74, 6) is -1.89. The molecule has 1 aromatic heterocycles. The highest BCUT2D eigenvalue weighted by molar-refractivity contribution is 8.00. The lowest BCUT2D eigenvalue weighted by molar-refractivity contribution is -0.121. The summed E-state index contributed by atoms with van der Waals surface area (Å²) in [5, 5.41) is 0.801. The van der Waals surface area contributed by atoms with Crippen molar-refractivity contribution in [1.29, 1.82) is 0 Å². The molecule has 0 radical (unpaired) electrons. The van der Waals surface area contributed by atoms with Crippen LogP contribution < -0.4 is 4.90 Å². The average molecular weight is 553 g/mol. The number of aromatic nitrogens is 1. The van der Waals surface area contributed by atoms with Crippen molar-refractivity contribution in [2.45, 2.75) is 16.6 Å². The monoisotopic (exact) mass is 552 g/mol. The van der Waals surface area contributed by atoms with Gasteiger partial charge in [-0.25, -0.2) is 9.69 Å². The van der Waals surface area contributed by atoms with Crippen molar-refractivity contribution in [3.05, 3.63) is 94.1 Å². The van der Waals surface area contributed by atoms with Crippen LogP contribution in [0.1, 0.15) is 27.1 Å². The second kappa shape index (κ2) is 10.4. The van der Waals surface area contributed by atoms with E-state index >= 15 is 0 Å². The molecule has 1 N–H and O–H groups in total. The number of esters is 1. The summed E-state index contributed by atoms with van der Waals surface area (Å²) in [6.07, 6.45) is 1.78. The summed E-state index contributed by atoms with van der Waals surface area (Å²) in [4.78, 5) is 56.0. The van der Waals surface area contributed by atoms with E-state index in [1.165, 1.54) is 23.1 Å². The number of hydrogen-bond acceptors (Lipinski definition) is 6. The van der Waals surface area contributed by atoms with Crippen molar-refractivity contribution in [2.75, 3.05) is 11.5 Å². The maximum absolute atomic E-state index is 13.2. The molecule has 1 saturated heterocycles. The van der Waals surface area contributed by atoms with Gasteiger partial charge in [0.2, 0.25) is 17.6 Å². The summed E-state index contributed by atoms with van der Waals surface area (Å²) in [6, 6.07) is 18.2. The number of halogens is 2. The minimum absolute atomic E-state index is 0.0107. The number of amides is 2. The third-order valence-corrected chi connectivity index (χ3v) is 7.65. The Bertz CT molecular complexity index is 1570. The lowest BCUT2D eigenvalue weighted by Gasteiger charge is -2.16. The third kappa shape index (κ3) is 5.13. The maximum Gasteiger partial charge on any atom is 0.339 e. The molecule has 1 unspecified atom stereocenters. The number of Topliss-reactive ketones (excluding diaryl/α,β-unsaturated/α-hetero) is 1. The van der Waals surface area contributed by atoms with Gasteiger partial charge in [0.25, 0.3) is 0 Å². The Hall–Kier alpha value is -3.59. The van der Waals surface area contributed by atoms with E-state index in [4.69, 9.17) is 27.9 Å². The minimum Gasteiger partial charge on any atom is -0.454 e. The van der Waals surface area contributed by atoms with E-state index in [0.29, 0.717) is 15.6 Å². The molecular weight excluding hydrogens is 535 g/mol. The predicted octanol–water partition coefficient (Wildman–Crippen LogP) is 5.94. The number of thioether (sulfide) groups is 1. The molecule has 0 saturated carbocycles. The molecule has 0 aliphatic carbocycles. The lowest BCUT2D eigenvalue weighted by Crippen LogP contribution is -2.31. The summed E-state index contributed by atoms with van der Waals surface area (Å²) in [6.45, 7) is -0.519. The second-order valence-electron chi connectivity index (χ2n) is 8.25. The zero-order chi connectivity index (χ0) is 26.1. The number of H-pyrrole nitrogens is 1. The molecule has 3 aromatic carbocycles. The molecule has 37 heavy (non-hydrogen) atoms. The van der Waals surface area contributed by atoms with Crippen molar-refractivity contribution in [3.8, 4) is 0 Å². The van der Waals surface area contributed by atoms with E-state index in [0.717, 1.165) is 22.7 Å². The van der Waals surface area contributed by atoms with Crippen LogP contribution in [0, 0.1) is 0 Å². The SMILES string of the molecule is O=C(COC(=O)c1ccccc1SC1CC(=O)N(c2ccc3cc[nH]c3c2)C1=O)c1ccc(Cl)cc1Cl. The van der Waals surface area contributed by atoms with E-state index < -0.39 is 23.6 Å². The lowest BCUT2D eigenvalue weighted by atomic mass is 10.1. The van der Waals surface area contributed by atoms with E-state index in [9.17, 15) is 19.2 Å². The minimum atomic E-state index is -0.729. The van der Waals surface area contributed by atoms with Gasteiger partial charge < -0.3 is 9.72 Å². The molecular formula is C27H18Cl2N2O5S. The first kappa shape index (κ1) is 25.1. The van der Waals surface area contributed by atoms with E-state index in [2.05, 4.69) is 4.98 Å². The van der Waals surface area contributed by atoms with Gasteiger partial charge in [-0.05, 0) is 53.9 Å². The van der Waals surface area contributed by atoms with Crippen LogP contribution in [0.15, 0.2) is 77.8 Å². The normalized spacial score (nSPS) is 15.4. The molecule has 7 nitrogen and oxygen atoms in total. The fourth-order valence-electron chi connectivity index (χ4n) is 4.04. The highest BCUT2D eigenvalue weighted by Gasteiger charge is 2.40. The number of ether oxygens (including phenoxy) is 1. The molecule has 5 rings (SSSR count). The van der Waals surface area contributed by atoms with Crippen molar-refractivity contribution in [1.82, 2.24) is 4.98 Å². The Morgan fingerprint density at radius 1 is 1.00 bits per heavy atom. The Labute approximate surface area is 225 Å². The molecule has 4 aromatic rings. The van der Waals surface area contributed by atoms with Gasteiger partial charge in [-0.3, -0.25) is 14.4 Å². The quantitative estimate of drug-likeness (QED) is 0.173. The van der Waals surface area contributed by atoms with Gasteiger partial charge in [0.1, 0.15) is 0 Å². The topological polar surface area (TPSA) is 96.5 Å². The number of imide groups is 1. The highest BCUT2D eigenvalue weighted by atomic mass is 35.5. The van der Waals surface area contributed by atoms with Crippen molar-refractivity contribution < 1.29 is 23.9 Å². The summed E-state index contributed by atoms with van der Waals surface area (Å²) in [5.41, 5.74) is 1.68. The number of benzene rings is 3. The first-order valence-electron chi connectivity index (χ1n) is 11.2. The second-order valence-corrected chi connectivity index (χ2v) is 10.3. The Morgan fingerprint density at radius 2 is 1.81 bits per heavy atom. The molecule has 1 fully saturated rings. The number of rotatable bonds is 7. The van der Waals surface area contributed by atoms with E-state index in [1.807, 2.05) is 12.1 Å². The molecule has 186 valence electrons. The first-order chi connectivity index (χ1) is 17.8. The summed E-state index contributed by atoms with van der Waals surface area (Å²) in [7, 11) is 0. The van der Waals surface area contributed by atoms with Crippen molar-refractivity contribution in [2.24, 2.45) is 0 Å². The van der Waals surface area contributed by atoms with Gasteiger partial charge in [0, 0.05) is 33.6 Å². The predicted molar refractivity (Wildman–Crippen MR) is 143 cm³/mol. The van der Waals surface area contributed by atoms with Crippen LogP contribution in [0.5, 0.6) is 0 Å². The van der Waals surface area contributed by atoms with Gasteiger partial charge in [-0.1, -0.05) is 41.4 Å². The first-order valence-corrected chi connectivity index (χ1v) is 12.8. The fraction of sp³-hybridized carbons (Fsp3) is 0.111. The van der Waals surface area contributed by atoms with Crippen LogP contribution >= 0.6 is 35.0 Å². The van der Waals surface area contributed by atoms with Crippen LogP contribution in [-0.4, -0.2) is 40.4 Å². The Kier molecular flexibility index (Phi) is 7.06. The zero-order valence-corrected chi connectivity index (χ0v) is 21.4. The van der Waals surface area contributed by atoms with Crippen LogP contribution in [0.4, 0.5) is 5.69 Å². The largest absolute Gasteiger partial charge is 0.454 e. The average Bonchev–Trinajstić information content (AvgIpc) is 3.45. The number of fused-ring (bicyclic) bond motifs is 1. The number of carbonyl (C=O) groups is 4. The fourth-order valence-corrected chi connectivity index (χ4v) is 5.72. The molecule has 1 aliphatic rings. The number of carbonyl (C=O) groups excluding carboxylic acids is 4. The number of ketones is 1. The number of nitrogens with zero attached hydrogens (tertiary/aromatic N) is 1. The molecule has 2 amide bonds. The van der Waals surface area contributed by atoms with Crippen LogP contribution in [0.25, 0.3) is 10.9 Å². The van der Waals surface area contributed by atoms with Gasteiger partial charge in [0.15, 0.2) is 6.61 Å².